The van der Waals surface area contributed by atoms with Crippen molar-refractivity contribution in [2.45, 2.75) is 20.8 Å². The van der Waals surface area contributed by atoms with Crippen LogP contribution in [0.25, 0.3) is 0 Å². The van der Waals surface area contributed by atoms with Crippen molar-refractivity contribution in [1.82, 2.24) is 9.78 Å². The van der Waals surface area contributed by atoms with Crippen molar-refractivity contribution >= 4 is 0 Å². The molecule has 0 aliphatic rings. The van der Waals surface area contributed by atoms with Crippen LogP contribution in [0.2, 0.25) is 0 Å². The van der Waals surface area contributed by atoms with Gasteiger partial charge in [-0.2, -0.15) is 5.10 Å². The van der Waals surface area contributed by atoms with E-state index >= 15 is 0 Å². The fourth-order valence-electron chi connectivity index (χ4n) is 0.829. The molecule has 0 spiro atoms. The van der Waals surface area contributed by atoms with Gasteiger partial charge >= 0.3 is 0 Å². The number of hydrogen-bond donors (Lipinski definition) is 0. The van der Waals surface area contributed by atoms with Gasteiger partial charge in [0.2, 0.25) is 5.88 Å². The van der Waals surface area contributed by atoms with Crippen molar-refractivity contribution in [2.24, 2.45) is 7.05 Å². The maximum atomic E-state index is 5.02. The molecule has 0 radical (unpaired) electrons. The SMILES string of the molecule is CC.COc1c(C)cnn1C. The fraction of sp³-hybridized carbons (Fsp3) is 0.625. The quantitative estimate of drug-likeness (QED) is 0.619. The molecule has 0 aliphatic carbocycles. The van der Waals surface area contributed by atoms with E-state index in [-0.39, 0.29) is 0 Å². The molecule has 0 atom stereocenters. The predicted molar refractivity (Wildman–Crippen MR) is 45.8 cm³/mol. The summed E-state index contributed by atoms with van der Waals surface area (Å²) in [5, 5.41) is 3.98. The lowest BCUT2D eigenvalue weighted by molar-refractivity contribution is 0.371. The zero-order valence-corrected chi connectivity index (χ0v) is 7.88. The summed E-state index contributed by atoms with van der Waals surface area (Å²) in [6.45, 7) is 5.96. The first kappa shape index (κ1) is 10.0. The molecule has 1 aromatic heterocycles. The highest BCUT2D eigenvalue weighted by Crippen LogP contribution is 2.13. The van der Waals surface area contributed by atoms with E-state index in [2.05, 4.69) is 5.10 Å². The van der Waals surface area contributed by atoms with Gasteiger partial charge in [-0.05, 0) is 6.92 Å². The van der Waals surface area contributed by atoms with E-state index in [0.717, 1.165) is 11.4 Å². The van der Waals surface area contributed by atoms with Crippen LogP contribution in [-0.4, -0.2) is 16.9 Å². The molecule has 0 aliphatic heterocycles. The Morgan fingerprint density at radius 3 is 2.18 bits per heavy atom. The van der Waals surface area contributed by atoms with E-state index in [0.29, 0.717) is 0 Å². The van der Waals surface area contributed by atoms with E-state index in [4.69, 9.17) is 4.74 Å². The van der Waals surface area contributed by atoms with Crippen LogP contribution >= 0.6 is 0 Å². The normalized spacial score (nSPS) is 8.45. The number of methoxy groups -OCH3 is 1. The summed E-state index contributed by atoms with van der Waals surface area (Å²) in [6.07, 6.45) is 1.78. The molecule has 0 bridgehead atoms. The van der Waals surface area contributed by atoms with Crippen molar-refractivity contribution in [3.63, 3.8) is 0 Å². The maximum Gasteiger partial charge on any atom is 0.214 e. The van der Waals surface area contributed by atoms with Crippen LogP contribution in [0.1, 0.15) is 19.4 Å². The monoisotopic (exact) mass is 156 g/mol. The van der Waals surface area contributed by atoms with E-state index in [9.17, 15) is 0 Å². The van der Waals surface area contributed by atoms with Gasteiger partial charge in [0.1, 0.15) is 0 Å². The molecule has 1 aromatic rings. The Morgan fingerprint density at radius 2 is 2.00 bits per heavy atom. The van der Waals surface area contributed by atoms with Crippen molar-refractivity contribution in [3.8, 4) is 5.88 Å². The average Bonchev–Trinajstić information content (AvgIpc) is 2.35. The summed E-state index contributed by atoms with van der Waals surface area (Å²) in [7, 11) is 3.50. The minimum Gasteiger partial charge on any atom is -0.481 e. The molecule has 0 amide bonds. The largest absolute Gasteiger partial charge is 0.481 e. The zero-order valence-electron chi connectivity index (χ0n) is 7.88. The molecule has 1 heterocycles. The first-order valence-corrected chi connectivity index (χ1v) is 3.78. The van der Waals surface area contributed by atoms with Gasteiger partial charge in [-0.15, -0.1) is 0 Å². The number of aromatic nitrogens is 2. The Kier molecular flexibility index (Phi) is 4.34. The molecule has 0 unspecified atom stereocenters. The Hall–Kier alpha value is -0.990. The van der Waals surface area contributed by atoms with Crippen LogP contribution in [0.3, 0.4) is 0 Å². The zero-order chi connectivity index (χ0) is 8.85. The summed E-state index contributed by atoms with van der Waals surface area (Å²) in [4.78, 5) is 0. The average molecular weight is 156 g/mol. The lowest BCUT2D eigenvalue weighted by Crippen LogP contribution is -1.95. The van der Waals surface area contributed by atoms with Gasteiger partial charge in [-0.25, -0.2) is 4.68 Å². The summed E-state index contributed by atoms with van der Waals surface area (Å²) in [5.41, 5.74) is 1.07. The van der Waals surface area contributed by atoms with E-state index < -0.39 is 0 Å². The van der Waals surface area contributed by atoms with Crippen LogP contribution in [-0.2, 0) is 7.05 Å². The molecule has 0 fully saturated rings. The van der Waals surface area contributed by atoms with Crippen LogP contribution < -0.4 is 4.74 Å². The highest BCUT2D eigenvalue weighted by molar-refractivity contribution is 5.21. The molecule has 0 saturated heterocycles. The third-order valence-electron chi connectivity index (χ3n) is 1.25. The molecule has 3 heteroatoms. The van der Waals surface area contributed by atoms with Gasteiger partial charge in [0.05, 0.1) is 13.3 Å². The molecule has 1 rings (SSSR count). The number of aryl methyl sites for hydroxylation is 2. The van der Waals surface area contributed by atoms with Crippen molar-refractivity contribution in [2.75, 3.05) is 7.11 Å². The topological polar surface area (TPSA) is 27.1 Å². The lowest BCUT2D eigenvalue weighted by atomic mass is 10.4. The second-order valence-corrected chi connectivity index (χ2v) is 1.96. The second-order valence-electron chi connectivity index (χ2n) is 1.96. The molecule has 0 aromatic carbocycles. The third-order valence-corrected chi connectivity index (χ3v) is 1.25. The molecule has 11 heavy (non-hydrogen) atoms. The number of hydrogen-bond acceptors (Lipinski definition) is 2. The summed E-state index contributed by atoms with van der Waals surface area (Å²) >= 11 is 0. The molecular weight excluding hydrogens is 140 g/mol. The van der Waals surface area contributed by atoms with Crippen molar-refractivity contribution in [3.05, 3.63) is 11.8 Å². The van der Waals surface area contributed by atoms with Crippen LogP contribution in [0.15, 0.2) is 6.20 Å². The summed E-state index contributed by atoms with van der Waals surface area (Å²) in [5.74, 6) is 0.829. The predicted octanol–water partition coefficient (Wildman–Crippen LogP) is 1.76. The van der Waals surface area contributed by atoms with Gasteiger partial charge in [0, 0.05) is 12.6 Å². The van der Waals surface area contributed by atoms with Gasteiger partial charge in [0.25, 0.3) is 0 Å². The number of nitrogens with zero attached hydrogens (tertiary/aromatic N) is 2. The Morgan fingerprint density at radius 1 is 1.45 bits per heavy atom. The fourth-order valence-corrected chi connectivity index (χ4v) is 0.829. The molecule has 0 N–H and O–H groups in total. The molecule has 64 valence electrons. The summed E-state index contributed by atoms with van der Waals surface area (Å²) < 4.78 is 6.72. The summed E-state index contributed by atoms with van der Waals surface area (Å²) in [6, 6.07) is 0. The number of rotatable bonds is 1. The minimum absolute atomic E-state index is 0.829. The van der Waals surface area contributed by atoms with Gasteiger partial charge in [0.15, 0.2) is 0 Å². The smallest absolute Gasteiger partial charge is 0.214 e. The third kappa shape index (κ3) is 2.26. The molecular formula is C8H16N2O. The van der Waals surface area contributed by atoms with Crippen molar-refractivity contribution < 1.29 is 4.74 Å². The van der Waals surface area contributed by atoms with Crippen LogP contribution in [0.5, 0.6) is 5.88 Å². The Bertz CT molecular complexity index is 186. The molecule has 0 saturated carbocycles. The van der Waals surface area contributed by atoms with E-state index in [1.165, 1.54) is 0 Å². The first-order chi connectivity index (χ1) is 5.25. The Balaban J connectivity index is 0.000000461. The van der Waals surface area contributed by atoms with E-state index in [1.807, 2.05) is 27.8 Å². The highest BCUT2D eigenvalue weighted by Gasteiger charge is 2.00. The van der Waals surface area contributed by atoms with Crippen LogP contribution in [0, 0.1) is 6.92 Å². The maximum absolute atomic E-state index is 5.02. The van der Waals surface area contributed by atoms with Crippen LogP contribution in [0.4, 0.5) is 0 Å². The number of ether oxygens (including phenoxy) is 1. The molecule has 3 nitrogen and oxygen atoms in total. The highest BCUT2D eigenvalue weighted by atomic mass is 16.5. The van der Waals surface area contributed by atoms with Gasteiger partial charge < -0.3 is 4.74 Å². The lowest BCUT2D eigenvalue weighted by Gasteiger charge is -1.98. The Labute approximate surface area is 68.0 Å². The first-order valence-electron chi connectivity index (χ1n) is 3.78. The van der Waals surface area contributed by atoms with Gasteiger partial charge in [-0.3, -0.25) is 0 Å². The van der Waals surface area contributed by atoms with Crippen molar-refractivity contribution in [1.29, 1.82) is 0 Å². The minimum atomic E-state index is 0.829. The van der Waals surface area contributed by atoms with E-state index in [1.54, 1.807) is 18.0 Å². The van der Waals surface area contributed by atoms with Gasteiger partial charge in [-0.1, -0.05) is 13.8 Å². The standard InChI is InChI=1S/C6H10N2O.C2H6/c1-5-4-7-8(2)6(5)9-3;1-2/h4H,1-3H3;1-2H3. The second kappa shape index (κ2) is 4.77.